The van der Waals surface area contributed by atoms with E-state index >= 15 is 0 Å². The van der Waals surface area contributed by atoms with Gasteiger partial charge in [-0.2, -0.15) is 0 Å². The fourth-order valence-corrected chi connectivity index (χ4v) is 1.84. The number of benzene rings is 1. The Kier molecular flexibility index (Phi) is 2.36. The minimum absolute atomic E-state index is 0.228. The highest BCUT2D eigenvalue weighted by Crippen LogP contribution is 2.27. The summed E-state index contributed by atoms with van der Waals surface area (Å²) in [5.41, 5.74) is 1.59. The van der Waals surface area contributed by atoms with Crippen molar-refractivity contribution in [2.45, 2.75) is 19.4 Å². The molecule has 1 aromatic heterocycles. The number of aromatic amines is 1. The van der Waals surface area contributed by atoms with Crippen molar-refractivity contribution in [2.75, 3.05) is 6.54 Å². The maximum atomic E-state index is 12.9. The van der Waals surface area contributed by atoms with Gasteiger partial charge in [-0.25, -0.2) is 9.37 Å². The number of nitrogens with zero attached hydrogens (tertiary/aromatic N) is 1. The maximum absolute atomic E-state index is 12.9. The first-order valence-corrected chi connectivity index (χ1v) is 5.66. The molecule has 0 saturated heterocycles. The van der Waals surface area contributed by atoms with E-state index in [4.69, 9.17) is 0 Å². The minimum Gasteiger partial charge on any atom is -0.341 e. The fraction of sp³-hybridized carbons (Fsp3) is 0.417. The van der Waals surface area contributed by atoms with Crippen LogP contribution in [0.15, 0.2) is 18.2 Å². The van der Waals surface area contributed by atoms with E-state index in [-0.39, 0.29) is 5.82 Å². The van der Waals surface area contributed by atoms with Crippen LogP contribution >= 0.6 is 0 Å². The molecule has 16 heavy (non-hydrogen) atoms. The van der Waals surface area contributed by atoms with E-state index in [0.717, 1.165) is 35.9 Å². The van der Waals surface area contributed by atoms with E-state index in [1.807, 2.05) is 0 Å². The Balaban J connectivity index is 1.71. The lowest BCUT2D eigenvalue weighted by Gasteiger charge is -1.98. The van der Waals surface area contributed by atoms with Crippen molar-refractivity contribution in [3.63, 3.8) is 0 Å². The zero-order chi connectivity index (χ0) is 11.0. The van der Waals surface area contributed by atoms with Crippen molar-refractivity contribution in [1.82, 2.24) is 15.3 Å². The summed E-state index contributed by atoms with van der Waals surface area (Å²) < 4.78 is 12.9. The average Bonchev–Trinajstić information content (AvgIpc) is 2.98. The summed E-state index contributed by atoms with van der Waals surface area (Å²) in [7, 11) is 0. The van der Waals surface area contributed by atoms with Gasteiger partial charge < -0.3 is 10.3 Å². The predicted molar refractivity (Wildman–Crippen MR) is 60.5 cm³/mol. The molecule has 1 saturated carbocycles. The molecule has 1 aromatic carbocycles. The second-order valence-corrected chi connectivity index (χ2v) is 4.42. The van der Waals surface area contributed by atoms with Crippen LogP contribution in [-0.2, 0) is 6.54 Å². The molecule has 84 valence electrons. The lowest BCUT2D eigenvalue weighted by Crippen LogP contribution is -2.16. The number of H-pyrrole nitrogens is 1. The summed E-state index contributed by atoms with van der Waals surface area (Å²) in [5.74, 6) is 1.51. The average molecular weight is 219 g/mol. The number of halogens is 1. The molecule has 2 N–H and O–H groups in total. The first-order chi connectivity index (χ1) is 7.81. The molecular formula is C12H14FN3. The standard InChI is InChI=1S/C12H14FN3/c13-9-3-4-10-11(5-9)16-12(15-10)7-14-6-8-1-2-8/h3-5,8,14H,1-2,6-7H2,(H,15,16). The number of nitrogens with one attached hydrogen (secondary N) is 2. The molecular weight excluding hydrogens is 205 g/mol. The molecule has 4 heteroatoms. The first-order valence-electron chi connectivity index (χ1n) is 5.66. The molecule has 1 aliphatic rings. The Morgan fingerprint density at radius 2 is 2.31 bits per heavy atom. The predicted octanol–water partition coefficient (Wildman–Crippen LogP) is 2.20. The van der Waals surface area contributed by atoms with E-state index < -0.39 is 0 Å². The zero-order valence-electron chi connectivity index (χ0n) is 8.96. The number of hydrogen-bond acceptors (Lipinski definition) is 2. The molecule has 0 radical (unpaired) electrons. The summed E-state index contributed by atoms with van der Waals surface area (Å²) >= 11 is 0. The molecule has 3 nitrogen and oxygen atoms in total. The van der Waals surface area contributed by atoms with Crippen LogP contribution in [0, 0.1) is 11.7 Å². The van der Waals surface area contributed by atoms with Crippen LogP contribution in [0.25, 0.3) is 11.0 Å². The van der Waals surface area contributed by atoms with Crippen molar-refractivity contribution in [3.8, 4) is 0 Å². The van der Waals surface area contributed by atoms with Crippen molar-refractivity contribution in [1.29, 1.82) is 0 Å². The summed E-state index contributed by atoms with van der Waals surface area (Å²) in [6, 6.07) is 4.61. The molecule has 0 atom stereocenters. The number of aromatic nitrogens is 2. The molecule has 0 spiro atoms. The smallest absolute Gasteiger partial charge is 0.125 e. The van der Waals surface area contributed by atoms with E-state index in [2.05, 4.69) is 15.3 Å². The van der Waals surface area contributed by atoms with Crippen LogP contribution in [-0.4, -0.2) is 16.5 Å². The van der Waals surface area contributed by atoms with Crippen molar-refractivity contribution >= 4 is 11.0 Å². The van der Waals surface area contributed by atoms with Gasteiger partial charge in [-0.15, -0.1) is 0 Å². The minimum atomic E-state index is -0.228. The molecule has 3 rings (SSSR count). The van der Waals surface area contributed by atoms with E-state index in [9.17, 15) is 4.39 Å². The van der Waals surface area contributed by atoms with Crippen molar-refractivity contribution < 1.29 is 4.39 Å². The van der Waals surface area contributed by atoms with Crippen molar-refractivity contribution in [3.05, 3.63) is 29.8 Å². The topological polar surface area (TPSA) is 40.7 Å². The van der Waals surface area contributed by atoms with Gasteiger partial charge in [-0.3, -0.25) is 0 Å². The quantitative estimate of drug-likeness (QED) is 0.827. The molecule has 1 heterocycles. The van der Waals surface area contributed by atoms with Crippen LogP contribution < -0.4 is 5.32 Å². The Labute approximate surface area is 93.1 Å². The largest absolute Gasteiger partial charge is 0.341 e. The summed E-state index contributed by atoms with van der Waals surface area (Å²) in [5, 5.41) is 3.35. The van der Waals surface area contributed by atoms with Gasteiger partial charge in [-0.05, 0) is 43.5 Å². The maximum Gasteiger partial charge on any atom is 0.125 e. The summed E-state index contributed by atoms with van der Waals surface area (Å²) in [6.07, 6.45) is 2.69. The second-order valence-electron chi connectivity index (χ2n) is 4.42. The van der Waals surface area contributed by atoms with Gasteiger partial charge >= 0.3 is 0 Å². The third-order valence-electron chi connectivity index (χ3n) is 2.92. The highest BCUT2D eigenvalue weighted by molar-refractivity contribution is 5.74. The zero-order valence-corrected chi connectivity index (χ0v) is 8.96. The van der Waals surface area contributed by atoms with Crippen LogP contribution in [0.3, 0.4) is 0 Å². The van der Waals surface area contributed by atoms with Crippen LogP contribution in [0.5, 0.6) is 0 Å². The van der Waals surface area contributed by atoms with Crippen LogP contribution in [0.2, 0.25) is 0 Å². The highest BCUT2D eigenvalue weighted by atomic mass is 19.1. The Morgan fingerprint density at radius 3 is 3.12 bits per heavy atom. The normalized spacial score (nSPS) is 15.8. The van der Waals surface area contributed by atoms with E-state index in [1.165, 1.54) is 25.0 Å². The van der Waals surface area contributed by atoms with Gasteiger partial charge in [0.1, 0.15) is 11.6 Å². The number of rotatable bonds is 4. The monoisotopic (exact) mass is 219 g/mol. The third-order valence-corrected chi connectivity index (χ3v) is 2.92. The van der Waals surface area contributed by atoms with Gasteiger partial charge in [0.15, 0.2) is 0 Å². The van der Waals surface area contributed by atoms with Gasteiger partial charge in [0.05, 0.1) is 17.6 Å². The van der Waals surface area contributed by atoms with Gasteiger partial charge in [0.25, 0.3) is 0 Å². The van der Waals surface area contributed by atoms with E-state index in [0.29, 0.717) is 0 Å². The van der Waals surface area contributed by atoms with Gasteiger partial charge in [-0.1, -0.05) is 0 Å². The Bertz CT molecular complexity index is 502. The fourth-order valence-electron chi connectivity index (χ4n) is 1.84. The molecule has 1 aliphatic carbocycles. The number of hydrogen-bond donors (Lipinski definition) is 2. The number of imidazole rings is 1. The lowest BCUT2D eigenvalue weighted by molar-refractivity contribution is 0.623. The first kappa shape index (κ1) is 9.78. The SMILES string of the molecule is Fc1ccc2nc(CNCC3CC3)[nH]c2c1. The highest BCUT2D eigenvalue weighted by Gasteiger charge is 2.20. The van der Waals surface area contributed by atoms with E-state index in [1.54, 1.807) is 6.07 Å². The lowest BCUT2D eigenvalue weighted by atomic mass is 10.3. The summed E-state index contributed by atoms with van der Waals surface area (Å²) in [6.45, 7) is 1.79. The molecule has 0 bridgehead atoms. The number of fused-ring (bicyclic) bond motifs is 1. The third kappa shape index (κ3) is 2.07. The second kappa shape index (κ2) is 3.87. The molecule has 1 fully saturated rings. The molecule has 0 amide bonds. The van der Waals surface area contributed by atoms with Crippen molar-refractivity contribution in [2.24, 2.45) is 5.92 Å². The van der Waals surface area contributed by atoms with Gasteiger partial charge in [0.2, 0.25) is 0 Å². The van der Waals surface area contributed by atoms with Crippen LogP contribution in [0.4, 0.5) is 4.39 Å². The summed E-state index contributed by atoms with van der Waals surface area (Å²) in [4.78, 5) is 7.50. The molecule has 0 aliphatic heterocycles. The van der Waals surface area contributed by atoms with Gasteiger partial charge in [0, 0.05) is 0 Å². The Hall–Kier alpha value is -1.42. The Morgan fingerprint density at radius 1 is 1.44 bits per heavy atom. The molecule has 2 aromatic rings. The molecule has 0 unspecified atom stereocenters. The van der Waals surface area contributed by atoms with Crippen LogP contribution in [0.1, 0.15) is 18.7 Å².